The van der Waals surface area contributed by atoms with E-state index >= 15 is 0 Å². The van der Waals surface area contributed by atoms with Gasteiger partial charge in [-0.1, -0.05) is 0 Å². The van der Waals surface area contributed by atoms with Gasteiger partial charge in [0.05, 0.1) is 6.61 Å². The standard InChI is InChI=1S/C8H16O6/c1-7(13,4-10)6(12)8(2,14)5(11)3-9/h4-6,9,11-14H,3H2,1-2H3/t5-,6-,7+,8-/m1/s1. The predicted molar refractivity (Wildman–Crippen MR) is 46.4 cm³/mol. The molecule has 5 N–H and O–H groups in total. The van der Waals surface area contributed by atoms with Crippen LogP contribution in [0.25, 0.3) is 0 Å². The molecule has 0 aliphatic rings. The molecule has 0 amide bonds. The topological polar surface area (TPSA) is 118 Å². The van der Waals surface area contributed by atoms with Gasteiger partial charge in [0.25, 0.3) is 0 Å². The minimum Gasteiger partial charge on any atom is -0.394 e. The van der Waals surface area contributed by atoms with Crippen molar-refractivity contribution < 1.29 is 30.3 Å². The first kappa shape index (κ1) is 13.5. The Balaban J connectivity index is 4.82. The minimum atomic E-state index is -2.18. The first-order valence-corrected chi connectivity index (χ1v) is 4.08. The molecule has 14 heavy (non-hydrogen) atoms. The highest BCUT2D eigenvalue weighted by Crippen LogP contribution is 2.23. The zero-order valence-electron chi connectivity index (χ0n) is 8.08. The summed E-state index contributed by atoms with van der Waals surface area (Å²) in [7, 11) is 0. The number of aliphatic hydroxyl groups excluding tert-OH is 3. The summed E-state index contributed by atoms with van der Waals surface area (Å²) in [5.41, 5.74) is -4.35. The van der Waals surface area contributed by atoms with E-state index in [1.165, 1.54) is 0 Å². The van der Waals surface area contributed by atoms with Gasteiger partial charge in [-0.05, 0) is 13.8 Å². The summed E-state index contributed by atoms with van der Waals surface area (Å²) >= 11 is 0. The maximum absolute atomic E-state index is 10.4. The normalized spacial score (nSPS) is 24.5. The summed E-state index contributed by atoms with van der Waals surface area (Å²) in [5.74, 6) is 0. The van der Waals surface area contributed by atoms with Crippen LogP contribution in [0.4, 0.5) is 0 Å². The molecular formula is C8H16O6. The van der Waals surface area contributed by atoms with E-state index in [0.29, 0.717) is 0 Å². The largest absolute Gasteiger partial charge is 0.394 e. The Morgan fingerprint density at radius 2 is 1.71 bits per heavy atom. The molecule has 6 nitrogen and oxygen atoms in total. The van der Waals surface area contributed by atoms with Crippen LogP contribution >= 0.6 is 0 Å². The number of rotatable bonds is 5. The van der Waals surface area contributed by atoms with Gasteiger partial charge in [0.2, 0.25) is 0 Å². The number of aliphatic hydroxyl groups is 5. The van der Waals surface area contributed by atoms with Gasteiger partial charge in [0.1, 0.15) is 23.4 Å². The van der Waals surface area contributed by atoms with Gasteiger partial charge in [0.15, 0.2) is 6.29 Å². The van der Waals surface area contributed by atoms with Gasteiger partial charge in [-0.15, -0.1) is 0 Å². The SMILES string of the molecule is C[C@@](O)([C@H](O)CO)[C@H](O)[C@@](C)(O)C=O. The van der Waals surface area contributed by atoms with Crippen LogP contribution in [0.2, 0.25) is 0 Å². The third kappa shape index (κ3) is 2.49. The Labute approximate surface area is 81.4 Å². The number of carbonyl (C=O) groups is 1. The van der Waals surface area contributed by atoms with E-state index in [9.17, 15) is 20.1 Å². The van der Waals surface area contributed by atoms with E-state index in [2.05, 4.69) is 0 Å². The molecule has 0 aromatic rings. The van der Waals surface area contributed by atoms with Crippen LogP contribution in [0.3, 0.4) is 0 Å². The molecule has 4 atom stereocenters. The van der Waals surface area contributed by atoms with Crippen molar-refractivity contribution in [1.82, 2.24) is 0 Å². The Hall–Kier alpha value is -0.530. The third-order valence-electron chi connectivity index (χ3n) is 2.19. The lowest BCUT2D eigenvalue weighted by Gasteiger charge is -2.37. The molecule has 0 saturated carbocycles. The summed E-state index contributed by atoms with van der Waals surface area (Å²) in [4.78, 5) is 10.4. The van der Waals surface area contributed by atoms with E-state index in [1.54, 1.807) is 0 Å². The van der Waals surface area contributed by atoms with Gasteiger partial charge in [0, 0.05) is 0 Å². The highest BCUT2D eigenvalue weighted by Gasteiger charge is 2.47. The number of hydrogen-bond acceptors (Lipinski definition) is 6. The third-order valence-corrected chi connectivity index (χ3v) is 2.19. The number of carbonyl (C=O) groups excluding carboxylic acids is 1. The monoisotopic (exact) mass is 208 g/mol. The van der Waals surface area contributed by atoms with Crippen molar-refractivity contribution >= 4 is 6.29 Å². The molecule has 0 radical (unpaired) electrons. The van der Waals surface area contributed by atoms with E-state index in [4.69, 9.17) is 10.2 Å². The van der Waals surface area contributed by atoms with Crippen molar-refractivity contribution in [3.63, 3.8) is 0 Å². The fourth-order valence-corrected chi connectivity index (χ4v) is 1.02. The molecule has 0 aliphatic heterocycles. The average molecular weight is 208 g/mol. The quantitative estimate of drug-likeness (QED) is 0.316. The lowest BCUT2D eigenvalue weighted by atomic mass is 9.83. The molecular weight excluding hydrogens is 192 g/mol. The highest BCUT2D eigenvalue weighted by molar-refractivity contribution is 5.62. The van der Waals surface area contributed by atoms with Crippen molar-refractivity contribution in [2.45, 2.75) is 37.3 Å². The Morgan fingerprint density at radius 1 is 1.29 bits per heavy atom. The second-order valence-electron chi connectivity index (χ2n) is 3.67. The van der Waals surface area contributed by atoms with Gasteiger partial charge in [-0.2, -0.15) is 0 Å². The molecule has 0 fully saturated rings. The Morgan fingerprint density at radius 3 is 2.00 bits per heavy atom. The molecule has 0 unspecified atom stereocenters. The van der Waals surface area contributed by atoms with Gasteiger partial charge in [-0.25, -0.2) is 0 Å². The lowest BCUT2D eigenvalue weighted by Crippen LogP contribution is -2.60. The first-order chi connectivity index (χ1) is 6.20. The van der Waals surface area contributed by atoms with Crippen LogP contribution in [0.15, 0.2) is 0 Å². The van der Waals surface area contributed by atoms with Crippen LogP contribution in [0.5, 0.6) is 0 Å². The van der Waals surface area contributed by atoms with Crippen LogP contribution in [0.1, 0.15) is 13.8 Å². The van der Waals surface area contributed by atoms with E-state index in [-0.39, 0.29) is 6.29 Å². The molecule has 0 spiro atoms. The second-order valence-corrected chi connectivity index (χ2v) is 3.67. The van der Waals surface area contributed by atoms with Crippen LogP contribution in [-0.2, 0) is 4.79 Å². The fraction of sp³-hybridized carbons (Fsp3) is 0.875. The zero-order chi connectivity index (χ0) is 11.6. The van der Waals surface area contributed by atoms with Crippen molar-refractivity contribution in [3.8, 4) is 0 Å². The zero-order valence-corrected chi connectivity index (χ0v) is 8.08. The maximum atomic E-state index is 10.4. The molecule has 0 bridgehead atoms. The Bertz CT molecular complexity index is 200. The van der Waals surface area contributed by atoms with Gasteiger partial charge < -0.3 is 30.3 Å². The summed E-state index contributed by atoms with van der Waals surface area (Å²) in [6.45, 7) is 1.21. The summed E-state index contributed by atoms with van der Waals surface area (Å²) in [6, 6.07) is 0. The molecule has 0 saturated heterocycles. The van der Waals surface area contributed by atoms with Gasteiger partial charge in [-0.3, -0.25) is 0 Å². The average Bonchev–Trinajstić information content (AvgIpc) is 2.15. The van der Waals surface area contributed by atoms with Crippen molar-refractivity contribution in [2.24, 2.45) is 0 Å². The molecule has 84 valence electrons. The minimum absolute atomic E-state index is 0.0518. The summed E-state index contributed by atoms with van der Waals surface area (Å²) in [6.07, 6.45) is -3.49. The maximum Gasteiger partial charge on any atom is 0.154 e. The van der Waals surface area contributed by atoms with Crippen molar-refractivity contribution in [2.75, 3.05) is 6.61 Å². The van der Waals surface area contributed by atoms with Crippen LogP contribution < -0.4 is 0 Å². The van der Waals surface area contributed by atoms with E-state index < -0.39 is 30.0 Å². The fourth-order valence-electron chi connectivity index (χ4n) is 1.02. The molecule has 0 aliphatic carbocycles. The first-order valence-electron chi connectivity index (χ1n) is 4.08. The van der Waals surface area contributed by atoms with Crippen LogP contribution in [-0.4, -0.2) is 61.8 Å². The van der Waals surface area contributed by atoms with E-state index in [1.807, 2.05) is 0 Å². The summed E-state index contributed by atoms with van der Waals surface area (Å²) < 4.78 is 0. The number of aldehydes is 1. The summed E-state index contributed by atoms with van der Waals surface area (Å²) in [5, 5.41) is 45.9. The number of hydrogen-bond donors (Lipinski definition) is 5. The van der Waals surface area contributed by atoms with Crippen molar-refractivity contribution in [3.05, 3.63) is 0 Å². The molecule has 0 rings (SSSR count). The second kappa shape index (κ2) is 4.33. The molecule has 0 aromatic carbocycles. The smallest absolute Gasteiger partial charge is 0.154 e. The highest BCUT2D eigenvalue weighted by atomic mass is 16.4. The lowest BCUT2D eigenvalue weighted by molar-refractivity contribution is -0.198. The molecule has 6 heteroatoms. The molecule has 0 heterocycles. The molecule has 0 aromatic heterocycles. The van der Waals surface area contributed by atoms with Crippen molar-refractivity contribution in [1.29, 1.82) is 0 Å². The van der Waals surface area contributed by atoms with Crippen LogP contribution in [0, 0.1) is 0 Å². The van der Waals surface area contributed by atoms with E-state index in [0.717, 1.165) is 13.8 Å². The Kier molecular flexibility index (Phi) is 4.16. The predicted octanol–water partition coefficient (Wildman–Crippen LogP) is -2.60. The van der Waals surface area contributed by atoms with Gasteiger partial charge >= 0.3 is 0 Å².